The second kappa shape index (κ2) is 5.61. The Morgan fingerprint density at radius 3 is 2.58 bits per heavy atom. The third kappa shape index (κ3) is 3.16. The second-order valence-corrected chi connectivity index (χ2v) is 4.71. The Morgan fingerprint density at radius 1 is 1.21 bits per heavy atom. The summed E-state index contributed by atoms with van der Waals surface area (Å²) >= 11 is 0. The van der Waals surface area contributed by atoms with Gasteiger partial charge in [0.2, 0.25) is 0 Å². The maximum absolute atomic E-state index is 11.6. The number of nitrogens with two attached hydrogens (primary N) is 1. The van der Waals surface area contributed by atoms with E-state index < -0.39 is 0 Å². The van der Waals surface area contributed by atoms with Crippen LogP contribution >= 0.6 is 0 Å². The van der Waals surface area contributed by atoms with Crippen LogP contribution in [0.1, 0.15) is 13.8 Å². The third-order valence-electron chi connectivity index (χ3n) is 2.73. The molecular formula is C15H18N2O2. The topological polar surface area (TPSA) is 64.3 Å². The highest BCUT2D eigenvalue weighted by Crippen LogP contribution is 2.29. The predicted molar refractivity (Wildman–Crippen MR) is 77.1 cm³/mol. The molecule has 4 heteroatoms. The van der Waals surface area contributed by atoms with Gasteiger partial charge in [-0.3, -0.25) is 4.79 Å². The molecule has 3 N–H and O–H groups in total. The van der Waals surface area contributed by atoms with Crippen LogP contribution in [0.2, 0.25) is 0 Å². The Labute approximate surface area is 112 Å². The molecule has 0 fully saturated rings. The standard InChI is InChI=1S/C15H18N2O2/c1-10(2)17-15(18)9-19-14-8-7-13(16)11-5-3-4-6-12(11)14/h3-8,10H,9,16H2,1-2H3,(H,17,18). The first kappa shape index (κ1) is 13.2. The number of carbonyl (C=O) groups is 1. The molecule has 0 saturated carbocycles. The van der Waals surface area contributed by atoms with Gasteiger partial charge in [-0.05, 0) is 26.0 Å². The molecule has 0 aliphatic carbocycles. The van der Waals surface area contributed by atoms with E-state index in [2.05, 4.69) is 5.32 Å². The lowest BCUT2D eigenvalue weighted by Crippen LogP contribution is -2.34. The maximum Gasteiger partial charge on any atom is 0.258 e. The normalized spacial score (nSPS) is 10.7. The van der Waals surface area contributed by atoms with Crippen LogP contribution in [0.4, 0.5) is 5.69 Å². The van der Waals surface area contributed by atoms with Crippen LogP contribution < -0.4 is 15.8 Å². The lowest BCUT2D eigenvalue weighted by atomic mass is 10.1. The van der Waals surface area contributed by atoms with Crippen LogP contribution in [-0.2, 0) is 4.79 Å². The molecule has 0 atom stereocenters. The summed E-state index contributed by atoms with van der Waals surface area (Å²) < 4.78 is 5.57. The van der Waals surface area contributed by atoms with E-state index in [1.165, 1.54) is 0 Å². The van der Waals surface area contributed by atoms with Gasteiger partial charge in [0.25, 0.3) is 5.91 Å². The summed E-state index contributed by atoms with van der Waals surface area (Å²) in [4.78, 5) is 11.6. The molecule has 2 rings (SSSR count). The van der Waals surface area contributed by atoms with E-state index in [-0.39, 0.29) is 18.6 Å². The number of nitrogens with one attached hydrogen (secondary N) is 1. The monoisotopic (exact) mass is 258 g/mol. The molecular weight excluding hydrogens is 240 g/mol. The number of ether oxygens (including phenoxy) is 1. The smallest absolute Gasteiger partial charge is 0.258 e. The molecule has 0 unspecified atom stereocenters. The van der Waals surface area contributed by atoms with Crippen molar-refractivity contribution in [2.45, 2.75) is 19.9 Å². The zero-order chi connectivity index (χ0) is 13.8. The average Bonchev–Trinajstić information content (AvgIpc) is 2.37. The first-order chi connectivity index (χ1) is 9.08. The van der Waals surface area contributed by atoms with Gasteiger partial charge in [-0.25, -0.2) is 0 Å². The zero-order valence-corrected chi connectivity index (χ0v) is 11.1. The van der Waals surface area contributed by atoms with E-state index in [0.29, 0.717) is 11.4 Å². The van der Waals surface area contributed by atoms with Gasteiger partial charge in [-0.2, -0.15) is 0 Å². The van der Waals surface area contributed by atoms with Crippen LogP contribution in [0.5, 0.6) is 5.75 Å². The number of amides is 1. The van der Waals surface area contributed by atoms with Crippen molar-refractivity contribution >= 4 is 22.4 Å². The van der Waals surface area contributed by atoms with Gasteiger partial charge < -0.3 is 15.8 Å². The Morgan fingerprint density at radius 2 is 1.89 bits per heavy atom. The summed E-state index contributed by atoms with van der Waals surface area (Å²) in [6, 6.07) is 11.4. The number of hydrogen-bond acceptors (Lipinski definition) is 3. The molecule has 0 aliphatic rings. The van der Waals surface area contributed by atoms with Crippen LogP contribution in [0, 0.1) is 0 Å². The predicted octanol–water partition coefficient (Wildman–Crippen LogP) is 2.33. The van der Waals surface area contributed by atoms with Gasteiger partial charge in [-0.1, -0.05) is 24.3 Å². The fraction of sp³-hybridized carbons (Fsp3) is 0.267. The number of rotatable bonds is 4. The van der Waals surface area contributed by atoms with E-state index in [0.717, 1.165) is 10.8 Å². The first-order valence-corrected chi connectivity index (χ1v) is 6.27. The van der Waals surface area contributed by atoms with Gasteiger partial charge in [0.05, 0.1) is 0 Å². The summed E-state index contributed by atoms with van der Waals surface area (Å²) in [5.74, 6) is 0.541. The molecule has 0 spiro atoms. The minimum absolute atomic E-state index is 0.00604. The molecule has 0 saturated heterocycles. The highest BCUT2D eigenvalue weighted by atomic mass is 16.5. The molecule has 0 aliphatic heterocycles. The minimum Gasteiger partial charge on any atom is -0.483 e. The van der Waals surface area contributed by atoms with Crippen LogP contribution in [0.25, 0.3) is 10.8 Å². The van der Waals surface area contributed by atoms with Gasteiger partial charge in [0.15, 0.2) is 6.61 Å². The van der Waals surface area contributed by atoms with Crippen molar-refractivity contribution in [1.29, 1.82) is 0 Å². The molecule has 4 nitrogen and oxygen atoms in total. The maximum atomic E-state index is 11.6. The van der Waals surface area contributed by atoms with Crippen molar-refractivity contribution in [2.24, 2.45) is 0 Å². The quantitative estimate of drug-likeness (QED) is 0.827. The Hall–Kier alpha value is -2.23. The molecule has 0 aromatic heterocycles. The number of carbonyl (C=O) groups excluding carboxylic acids is 1. The molecule has 0 bridgehead atoms. The van der Waals surface area contributed by atoms with E-state index in [1.807, 2.05) is 38.1 Å². The largest absolute Gasteiger partial charge is 0.483 e. The summed E-state index contributed by atoms with van der Waals surface area (Å²) in [6.45, 7) is 3.83. The summed E-state index contributed by atoms with van der Waals surface area (Å²) in [5, 5.41) is 4.63. The SMILES string of the molecule is CC(C)NC(=O)COc1ccc(N)c2ccccc12. The third-order valence-corrected chi connectivity index (χ3v) is 2.73. The van der Waals surface area contributed by atoms with Crippen molar-refractivity contribution in [3.8, 4) is 5.75 Å². The number of fused-ring (bicyclic) bond motifs is 1. The minimum atomic E-state index is -0.129. The Bertz CT molecular complexity index is 594. The lowest BCUT2D eigenvalue weighted by molar-refractivity contribution is -0.123. The fourth-order valence-corrected chi connectivity index (χ4v) is 1.93. The molecule has 0 heterocycles. The second-order valence-electron chi connectivity index (χ2n) is 4.71. The van der Waals surface area contributed by atoms with E-state index >= 15 is 0 Å². The van der Waals surface area contributed by atoms with Gasteiger partial charge >= 0.3 is 0 Å². The van der Waals surface area contributed by atoms with Gasteiger partial charge in [0, 0.05) is 22.5 Å². The first-order valence-electron chi connectivity index (χ1n) is 6.27. The highest BCUT2D eigenvalue weighted by Gasteiger charge is 2.08. The Kier molecular flexibility index (Phi) is 3.90. The van der Waals surface area contributed by atoms with Gasteiger partial charge in [0.1, 0.15) is 5.75 Å². The van der Waals surface area contributed by atoms with Crippen LogP contribution in [0.3, 0.4) is 0 Å². The van der Waals surface area contributed by atoms with Crippen molar-refractivity contribution in [2.75, 3.05) is 12.3 Å². The highest BCUT2D eigenvalue weighted by molar-refractivity contribution is 5.97. The molecule has 1 amide bonds. The molecule has 2 aromatic rings. The number of hydrogen-bond donors (Lipinski definition) is 2. The number of nitrogen functional groups attached to an aromatic ring is 1. The molecule has 0 radical (unpaired) electrons. The van der Waals surface area contributed by atoms with E-state index in [1.54, 1.807) is 12.1 Å². The molecule has 100 valence electrons. The van der Waals surface area contributed by atoms with Crippen molar-refractivity contribution < 1.29 is 9.53 Å². The fourth-order valence-electron chi connectivity index (χ4n) is 1.93. The number of benzene rings is 2. The van der Waals surface area contributed by atoms with E-state index in [4.69, 9.17) is 10.5 Å². The zero-order valence-electron chi connectivity index (χ0n) is 11.1. The number of anilines is 1. The van der Waals surface area contributed by atoms with E-state index in [9.17, 15) is 4.79 Å². The Balaban J connectivity index is 2.17. The lowest BCUT2D eigenvalue weighted by Gasteiger charge is -2.12. The average molecular weight is 258 g/mol. The summed E-state index contributed by atoms with van der Waals surface area (Å²) in [6.07, 6.45) is 0. The molecule has 19 heavy (non-hydrogen) atoms. The van der Waals surface area contributed by atoms with Crippen LogP contribution in [-0.4, -0.2) is 18.6 Å². The van der Waals surface area contributed by atoms with Crippen molar-refractivity contribution in [1.82, 2.24) is 5.32 Å². The molecule has 2 aromatic carbocycles. The van der Waals surface area contributed by atoms with Crippen LogP contribution in [0.15, 0.2) is 36.4 Å². The van der Waals surface area contributed by atoms with Crippen molar-refractivity contribution in [3.05, 3.63) is 36.4 Å². The summed E-state index contributed by atoms with van der Waals surface area (Å²) in [5.41, 5.74) is 6.62. The van der Waals surface area contributed by atoms with Gasteiger partial charge in [-0.15, -0.1) is 0 Å². The summed E-state index contributed by atoms with van der Waals surface area (Å²) in [7, 11) is 0. The van der Waals surface area contributed by atoms with Crippen molar-refractivity contribution in [3.63, 3.8) is 0 Å².